The number of aliphatic hydroxyl groups excluding tert-OH is 1. The number of aromatic nitrogens is 2. The molecule has 0 radical (unpaired) electrons. The molecule has 0 spiro atoms. The average Bonchev–Trinajstić information content (AvgIpc) is 2.75. The van der Waals surface area contributed by atoms with Gasteiger partial charge in [-0.15, -0.1) is 0 Å². The van der Waals surface area contributed by atoms with Gasteiger partial charge >= 0.3 is 0 Å². The van der Waals surface area contributed by atoms with Gasteiger partial charge < -0.3 is 14.4 Å². The molecule has 2 rings (SSSR count). The van der Waals surface area contributed by atoms with Crippen molar-refractivity contribution in [2.45, 2.75) is 6.10 Å². The summed E-state index contributed by atoms with van der Waals surface area (Å²) < 4.78 is 6.86. The summed E-state index contributed by atoms with van der Waals surface area (Å²) in [5.74, 6) is 1.40. The Morgan fingerprint density at radius 2 is 2.00 bits per heavy atom. The first-order valence-electron chi connectivity index (χ1n) is 5.01. The highest BCUT2D eigenvalue weighted by atomic mass is 16.5. The van der Waals surface area contributed by atoms with Gasteiger partial charge in [-0.2, -0.15) is 0 Å². The second kappa shape index (κ2) is 4.37. The van der Waals surface area contributed by atoms with Gasteiger partial charge in [0.2, 0.25) is 0 Å². The highest BCUT2D eigenvalue weighted by Crippen LogP contribution is 2.22. The number of rotatable bonds is 3. The molecule has 0 aliphatic rings. The molecule has 84 valence electrons. The molecule has 16 heavy (non-hydrogen) atoms. The van der Waals surface area contributed by atoms with Crippen molar-refractivity contribution in [2.75, 3.05) is 7.11 Å². The molecule has 1 aromatic carbocycles. The molecule has 4 nitrogen and oxygen atoms in total. The van der Waals surface area contributed by atoms with Crippen LogP contribution >= 0.6 is 0 Å². The van der Waals surface area contributed by atoms with Crippen molar-refractivity contribution in [1.82, 2.24) is 9.55 Å². The number of hydrogen-bond donors (Lipinski definition) is 1. The van der Waals surface area contributed by atoms with E-state index in [0.29, 0.717) is 5.82 Å². The van der Waals surface area contributed by atoms with Crippen LogP contribution in [-0.4, -0.2) is 21.8 Å². The van der Waals surface area contributed by atoms with Gasteiger partial charge in [0.05, 0.1) is 7.11 Å². The molecule has 0 bridgehead atoms. The van der Waals surface area contributed by atoms with Crippen LogP contribution in [0.2, 0.25) is 0 Å². The van der Waals surface area contributed by atoms with Crippen molar-refractivity contribution in [1.29, 1.82) is 0 Å². The van der Waals surface area contributed by atoms with Crippen LogP contribution in [0.3, 0.4) is 0 Å². The van der Waals surface area contributed by atoms with Crippen LogP contribution in [0.1, 0.15) is 17.5 Å². The Labute approximate surface area is 94.1 Å². The minimum Gasteiger partial charge on any atom is -0.497 e. The molecule has 0 aliphatic carbocycles. The molecule has 0 fully saturated rings. The highest BCUT2D eigenvalue weighted by Gasteiger charge is 2.14. The average molecular weight is 218 g/mol. The van der Waals surface area contributed by atoms with Gasteiger partial charge in [0.1, 0.15) is 17.7 Å². The van der Waals surface area contributed by atoms with Crippen LogP contribution in [0.4, 0.5) is 0 Å². The monoisotopic (exact) mass is 218 g/mol. The van der Waals surface area contributed by atoms with E-state index in [4.69, 9.17) is 4.74 Å². The number of aryl methyl sites for hydroxylation is 1. The van der Waals surface area contributed by atoms with Crippen LogP contribution in [0.15, 0.2) is 36.7 Å². The first-order chi connectivity index (χ1) is 7.72. The van der Waals surface area contributed by atoms with Gasteiger partial charge in [-0.3, -0.25) is 0 Å². The van der Waals surface area contributed by atoms with E-state index in [-0.39, 0.29) is 0 Å². The van der Waals surface area contributed by atoms with Crippen LogP contribution in [0.25, 0.3) is 0 Å². The van der Waals surface area contributed by atoms with Crippen LogP contribution in [-0.2, 0) is 7.05 Å². The van der Waals surface area contributed by atoms with E-state index < -0.39 is 6.10 Å². The molecule has 0 unspecified atom stereocenters. The summed E-state index contributed by atoms with van der Waals surface area (Å²) in [6.07, 6.45) is 2.77. The molecule has 1 N–H and O–H groups in total. The quantitative estimate of drug-likeness (QED) is 0.849. The van der Waals surface area contributed by atoms with Crippen molar-refractivity contribution in [3.05, 3.63) is 48.0 Å². The first kappa shape index (κ1) is 10.7. The lowest BCUT2D eigenvalue weighted by Gasteiger charge is -2.11. The second-order valence-corrected chi connectivity index (χ2v) is 3.57. The molecule has 4 heteroatoms. The summed E-state index contributed by atoms with van der Waals surface area (Å²) in [4.78, 5) is 4.12. The third-order valence-corrected chi connectivity index (χ3v) is 2.53. The molecule has 1 aromatic heterocycles. The molecular formula is C12H14N2O2. The maximum absolute atomic E-state index is 10.1. The zero-order valence-corrected chi connectivity index (χ0v) is 9.29. The van der Waals surface area contributed by atoms with Gasteiger partial charge in [0.25, 0.3) is 0 Å². The Bertz CT molecular complexity index is 462. The number of aliphatic hydroxyl groups is 1. The van der Waals surface area contributed by atoms with Gasteiger partial charge in [-0.25, -0.2) is 4.98 Å². The molecular weight excluding hydrogens is 204 g/mol. The summed E-state index contributed by atoms with van der Waals surface area (Å²) in [6, 6.07) is 7.30. The minimum atomic E-state index is -0.703. The van der Waals surface area contributed by atoms with Gasteiger partial charge in [0.15, 0.2) is 0 Å². The zero-order valence-electron chi connectivity index (χ0n) is 9.29. The molecule has 2 aromatic rings. The van der Waals surface area contributed by atoms with E-state index in [1.165, 1.54) is 0 Å². The number of imidazole rings is 1. The SMILES string of the molecule is COc1ccc([C@@H](O)c2nccn2C)cc1. The van der Waals surface area contributed by atoms with E-state index in [2.05, 4.69) is 4.98 Å². The van der Waals surface area contributed by atoms with E-state index in [1.54, 1.807) is 17.9 Å². The maximum Gasteiger partial charge on any atom is 0.142 e. The number of ether oxygens (including phenoxy) is 1. The summed E-state index contributed by atoms with van der Waals surface area (Å²) in [5, 5.41) is 10.1. The Kier molecular flexibility index (Phi) is 2.92. The highest BCUT2D eigenvalue weighted by molar-refractivity contribution is 5.30. The topological polar surface area (TPSA) is 47.3 Å². The number of nitrogens with zero attached hydrogens (tertiary/aromatic N) is 2. The zero-order chi connectivity index (χ0) is 11.5. The van der Waals surface area contributed by atoms with Crippen molar-refractivity contribution >= 4 is 0 Å². The lowest BCUT2D eigenvalue weighted by molar-refractivity contribution is 0.206. The predicted octanol–water partition coefficient (Wildman–Crippen LogP) is 1.51. The van der Waals surface area contributed by atoms with Gasteiger partial charge in [0, 0.05) is 19.4 Å². The van der Waals surface area contributed by atoms with Crippen LogP contribution < -0.4 is 4.74 Å². The fourth-order valence-electron chi connectivity index (χ4n) is 1.58. The van der Waals surface area contributed by atoms with Crippen molar-refractivity contribution < 1.29 is 9.84 Å². The van der Waals surface area contributed by atoms with Gasteiger partial charge in [-0.1, -0.05) is 12.1 Å². The Hall–Kier alpha value is -1.81. The summed E-state index contributed by atoms with van der Waals surface area (Å²) >= 11 is 0. The fourth-order valence-corrected chi connectivity index (χ4v) is 1.58. The van der Waals surface area contributed by atoms with Crippen molar-refractivity contribution in [3.8, 4) is 5.75 Å². The lowest BCUT2D eigenvalue weighted by Crippen LogP contribution is -2.06. The normalized spacial score (nSPS) is 12.4. The molecule has 0 amide bonds. The van der Waals surface area contributed by atoms with Gasteiger partial charge in [-0.05, 0) is 17.7 Å². The number of hydrogen-bond acceptors (Lipinski definition) is 3. The third kappa shape index (κ3) is 1.92. The largest absolute Gasteiger partial charge is 0.497 e. The van der Waals surface area contributed by atoms with E-state index in [1.807, 2.05) is 37.5 Å². The van der Waals surface area contributed by atoms with E-state index in [0.717, 1.165) is 11.3 Å². The van der Waals surface area contributed by atoms with Crippen molar-refractivity contribution in [3.63, 3.8) is 0 Å². The predicted molar refractivity (Wildman–Crippen MR) is 60.3 cm³/mol. The van der Waals surface area contributed by atoms with Crippen LogP contribution in [0.5, 0.6) is 5.75 Å². The number of methoxy groups -OCH3 is 1. The Morgan fingerprint density at radius 3 is 2.50 bits per heavy atom. The van der Waals surface area contributed by atoms with E-state index >= 15 is 0 Å². The Morgan fingerprint density at radius 1 is 1.31 bits per heavy atom. The maximum atomic E-state index is 10.1. The third-order valence-electron chi connectivity index (χ3n) is 2.53. The fraction of sp³-hybridized carbons (Fsp3) is 0.250. The minimum absolute atomic E-state index is 0.630. The summed E-state index contributed by atoms with van der Waals surface area (Å²) in [6.45, 7) is 0. The lowest BCUT2D eigenvalue weighted by atomic mass is 10.1. The van der Waals surface area contributed by atoms with E-state index in [9.17, 15) is 5.11 Å². The smallest absolute Gasteiger partial charge is 0.142 e. The standard InChI is InChI=1S/C12H14N2O2/c1-14-8-7-13-12(14)11(15)9-3-5-10(16-2)6-4-9/h3-8,11,15H,1-2H3/t11-/m1/s1. The molecule has 0 aliphatic heterocycles. The Balaban J connectivity index is 2.27. The summed E-state index contributed by atoms with van der Waals surface area (Å²) in [5.41, 5.74) is 0.801. The first-order valence-corrected chi connectivity index (χ1v) is 5.01. The summed E-state index contributed by atoms with van der Waals surface area (Å²) in [7, 11) is 3.47. The molecule has 0 saturated heterocycles. The molecule has 1 heterocycles. The molecule has 1 atom stereocenters. The molecule has 0 saturated carbocycles. The van der Waals surface area contributed by atoms with Crippen LogP contribution in [0, 0.1) is 0 Å². The second-order valence-electron chi connectivity index (χ2n) is 3.57. The number of benzene rings is 1. The van der Waals surface area contributed by atoms with Crippen molar-refractivity contribution in [2.24, 2.45) is 7.05 Å².